The number of piperidine rings is 1. The lowest BCUT2D eigenvalue weighted by atomic mass is 9.95. The average Bonchev–Trinajstić information content (AvgIpc) is 2.56. The van der Waals surface area contributed by atoms with Crippen molar-refractivity contribution in [1.29, 1.82) is 0 Å². The lowest BCUT2D eigenvalue weighted by molar-refractivity contribution is -0.124. The fraction of sp³-hybridized carbons (Fsp3) is 0.667. The molecule has 0 radical (unpaired) electrons. The number of likely N-dealkylation sites (tertiary alicyclic amines) is 1. The van der Waals surface area contributed by atoms with Crippen LogP contribution in [0.1, 0.15) is 45.0 Å². The fourth-order valence-electron chi connectivity index (χ4n) is 3.15. The van der Waals surface area contributed by atoms with Crippen molar-refractivity contribution in [3.05, 3.63) is 17.5 Å². The molecule has 0 unspecified atom stereocenters. The van der Waals surface area contributed by atoms with Crippen molar-refractivity contribution in [2.45, 2.75) is 57.8 Å². The first kappa shape index (κ1) is 22.9. The third-order valence-electron chi connectivity index (χ3n) is 4.62. The van der Waals surface area contributed by atoms with Crippen LogP contribution in [0, 0.1) is 13.8 Å². The van der Waals surface area contributed by atoms with Gasteiger partial charge in [0.2, 0.25) is 5.95 Å². The summed E-state index contributed by atoms with van der Waals surface area (Å²) >= 11 is 0. The molecule has 1 aliphatic rings. The highest BCUT2D eigenvalue weighted by atomic mass is 32.2. The zero-order valence-electron chi connectivity index (χ0n) is 17.7. The summed E-state index contributed by atoms with van der Waals surface area (Å²) in [6.45, 7) is 9.01. The smallest absolute Gasteiger partial charge is 0.410 e. The number of carbonyl (C=O) groups is 2. The molecule has 0 bridgehead atoms. The van der Waals surface area contributed by atoms with Gasteiger partial charge in [0.15, 0.2) is 14.6 Å². The number of nitrogens with one attached hydrogen (secondary N) is 2. The quantitative estimate of drug-likeness (QED) is 0.689. The molecule has 1 fully saturated rings. The Bertz CT molecular complexity index is 866. The van der Waals surface area contributed by atoms with E-state index in [1.165, 1.54) is 4.90 Å². The highest BCUT2D eigenvalue weighted by Crippen LogP contribution is 2.31. The Balaban J connectivity index is 2.11. The summed E-state index contributed by atoms with van der Waals surface area (Å²) in [7, 11) is -3.76. The summed E-state index contributed by atoms with van der Waals surface area (Å²) in [5.41, 5.74) is 5.77. The van der Waals surface area contributed by atoms with Gasteiger partial charge < -0.3 is 9.64 Å². The van der Waals surface area contributed by atoms with Crippen molar-refractivity contribution in [2.24, 2.45) is 0 Å². The van der Waals surface area contributed by atoms with E-state index in [2.05, 4.69) is 20.8 Å². The van der Waals surface area contributed by atoms with Gasteiger partial charge in [-0.2, -0.15) is 0 Å². The van der Waals surface area contributed by atoms with Crippen LogP contribution in [0.15, 0.2) is 6.07 Å². The predicted octanol–water partition coefficient (Wildman–Crippen LogP) is 1.35. The van der Waals surface area contributed by atoms with Crippen LogP contribution in [0.3, 0.4) is 0 Å². The third-order valence-corrected chi connectivity index (χ3v) is 6.63. The minimum atomic E-state index is -3.76. The highest BCUT2D eigenvalue weighted by Gasteiger charge is 2.51. The average molecular weight is 428 g/mol. The van der Waals surface area contributed by atoms with Gasteiger partial charge >= 0.3 is 6.09 Å². The van der Waals surface area contributed by atoms with Gasteiger partial charge in [0.1, 0.15) is 5.60 Å². The SMILES string of the molecule is Cc1cc(C)nc(NNC(=O)C2(S(C)(=O)=O)CCN(C(=O)OC(C)(C)C)CC2)n1. The fourth-order valence-corrected chi connectivity index (χ4v) is 4.46. The van der Waals surface area contributed by atoms with Crippen molar-refractivity contribution < 1.29 is 22.7 Å². The summed E-state index contributed by atoms with van der Waals surface area (Å²) in [5, 5.41) is 0. The van der Waals surface area contributed by atoms with E-state index >= 15 is 0 Å². The van der Waals surface area contributed by atoms with Crippen LogP contribution < -0.4 is 10.9 Å². The van der Waals surface area contributed by atoms with E-state index in [9.17, 15) is 18.0 Å². The van der Waals surface area contributed by atoms with Gasteiger partial charge in [-0.25, -0.2) is 23.2 Å². The molecule has 1 saturated heterocycles. The molecule has 0 atom stereocenters. The highest BCUT2D eigenvalue weighted by molar-refractivity contribution is 7.92. The summed E-state index contributed by atoms with van der Waals surface area (Å²) in [6, 6.07) is 1.78. The zero-order valence-corrected chi connectivity index (χ0v) is 18.5. The van der Waals surface area contributed by atoms with Crippen LogP contribution in [0.25, 0.3) is 0 Å². The lowest BCUT2D eigenvalue weighted by Crippen LogP contribution is -2.59. The number of hydrogen-bond acceptors (Lipinski definition) is 8. The first-order valence-corrected chi connectivity index (χ1v) is 11.2. The molecule has 0 aromatic carbocycles. The maximum atomic E-state index is 12.9. The molecular weight excluding hydrogens is 398 g/mol. The molecule has 1 aromatic heterocycles. The Morgan fingerprint density at radius 2 is 1.66 bits per heavy atom. The number of aromatic nitrogens is 2. The summed E-state index contributed by atoms with van der Waals surface area (Å²) in [5.74, 6) is -0.530. The number of rotatable bonds is 4. The standard InChI is InChI=1S/C18H29N5O5S/c1-12-11-13(2)20-15(19-12)22-21-14(24)18(29(6,26)27)7-9-23(10-8-18)16(25)28-17(3,4)5/h11H,7-10H2,1-6H3,(H,21,24)(H,19,20,22). The molecule has 2 amide bonds. The lowest BCUT2D eigenvalue weighted by Gasteiger charge is -2.39. The normalized spacial score (nSPS) is 16.8. The predicted molar refractivity (Wildman–Crippen MR) is 108 cm³/mol. The van der Waals surface area contributed by atoms with Crippen molar-refractivity contribution in [1.82, 2.24) is 20.3 Å². The molecule has 29 heavy (non-hydrogen) atoms. The third kappa shape index (κ3) is 5.55. The monoisotopic (exact) mass is 427 g/mol. The van der Waals surface area contributed by atoms with Gasteiger partial charge in [-0.1, -0.05) is 0 Å². The van der Waals surface area contributed by atoms with E-state index in [1.54, 1.807) is 40.7 Å². The van der Waals surface area contributed by atoms with Crippen LogP contribution >= 0.6 is 0 Å². The summed E-state index contributed by atoms with van der Waals surface area (Å²) in [4.78, 5) is 34.8. The van der Waals surface area contributed by atoms with E-state index in [0.29, 0.717) is 11.4 Å². The first-order valence-electron chi connectivity index (χ1n) is 9.30. The van der Waals surface area contributed by atoms with Crippen molar-refractivity contribution >= 4 is 27.8 Å². The molecule has 2 N–H and O–H groups in total. The molecule has 1 aromatic rings. The van der Waals surface area contributed by atoms with Gasteiger partial charge in [0.05, 0.1) is 0 Å². The molecule has 11 heteroatoms. The maximum Gasteiger partial charge on any atom is 0.410 e. The largest absolute Gasteiger partial charge is 0.444 e. The minimum absolute atomic E-state index is 0.0354. The van der Waals surface area contributed by atoms with Crippen molar-refractivity contribution in [3.63, 3.8) is 0 Å². The molecule has 2 heterocycles. The molecule has 10 nitrogen and oxygen atoms in total. The second-order valence-electron chi connectivity index (χ2n) is 8.29. The van der Waals surface area contributed by atoms with Crippen LogP contribution in [0.2, 0.25) is 0 Å². The number of carbonyl (C=O) groups excluding carboxylic acids is 2. The number of nitrogens with zero attached hydrogens (tertiary/aromatic N) is 3. The number of anilines is 1. The maximum absolute atomic E-state index is 12.9. The molecular formula is C18H29N5O5S. The number of hydrazine groups is 1. The van der Waals surface area contributed by atoms with Gasteiger partial charge in [-0.15, -0.1) is 0 Å². The van der Waals surface area contributed by atoms with E-state index in [0.717, 1.165) is 6.26 Å². The Morgan fingerprint density at radius 3 is 2.10 bits per heavy atom. The van der Waals surface area contributed by atoms with Gasteiger partial charge in [-0.3, -0.25) is 15.6 Å². The molecule has 2 rings (SSSR count). The Hall–Kier alpha value is -2.43. The van der Waals surface area contributed by atoms with Crippen LogP contribution in [0.4, 0.5) is 10.7 Å². The number of sulfone groups is 1. The van der Waals surface area contributed by atoms with Crippen LogP contribution in [-0.4, -0.2) is 65.0 Å². The van der Waals surface area contributed by atoms with Crippen molar-refractivity contribution in [2.75, 3.05) is 24.8 Å². The van der Waals surface area contributed by atoms with Crippen molar-refractivity contribution in [3.8, 4) is 0 Å². The Morgan fingerprint density at radius 1 is 1.14 bits per heavy atom. The summed E-state index contributed by atoms with van der Waals surface area (Å²) < 4.78 is 28.7. The van der Waals surface area contributed by atoms with Gasteiger partial charge in [0, 0.05) is 30.7 Å². The van der Waals surface area contributed by atoms with E-state index in [1.807, 2.05) is 0 Å². The van der Waals surface area contributed by atoms with Crippen LogP contribution in [-0.2, 0) is 19.4 Å². The molecule has 0 aliphatic carbocycles. The molecule has 162 valence electrons. The molecule has 1 aliphatic heterocycles. The van der Waals surface area contributed by atoms with Gasteiger partial charge in [0.25, 0.3) is 5.91 Å². The van der Waals surface area contributed by atoms with E-state index < -0.39 is 32.2 Å². The van der Waals surface area contributed by atoms with Crippen LogP contribution in [0.5, 0.6) is 0 Å². The minimum Gasteiger partial charge on any atom is -0.444 e. The number of hydrogen-bond donors (Lipinski definition) is 2. The van der Waals surface area contributed by atoms with Gasteiger partial charge in [-0.05, 0) is 53.5 Å². The first-order chi connectivity index (χ1) is 13.2. The molecule has 0 saturated carbocycles. The topological polar surface area (TPSA) is 131 Å². The van der Waals surface area contributed by atoms with E-state index in [4.69, 9.17) is 4.74 Å². The Kier molecular flexibility index (Phi) is 6.41. The Labute approximate surface area is 171 Å². The molecule has 0 spiro atoms. The second-order valence-corrected chi connectivity index (χ2v) is 10.6. The second kappa shape index (κ2) is 8.13. The number of aryl methyl sites for hydroxylation is 2. The number of amides is 2. The van der Waals surface area contributed by atoms with E-state index in [-0.39, 0.29) is 31.9 Å². The number of ether oxygens (including phenoxy) is 1. The zero-order chi connectivity index (χ0) is 22.0. The summed E-state index contributed by atoms with van der Waals surface area (Å²) in [6.07, 6.45) is 0.434.